The fourth-order valence-electron chi connectivity index (χ4n) is 1.71. The summed E-state index contributed by atoms with van der Waals surface area (Å²) in [5.74, 6) is 0.904. The molecule has 21 heavy (non-hydrogen) atoms. The van der Waals surface area contributed by atoms with E-state index in [1.165, 1.54) is 12.3 Å². The summed E-state index contributed by atoms with van der Waals surface area (Å²) in [4.78, 5) is 12.7. The van der Waals surface area contributed by atoms with Crippen molar-refractivity contribution in [1.29, 1.82) is 0 Å². The Balaban J connectivity index is 2.24. The first-order valence-electron chi connectivity index (χ1n) is 6.62. The van der Waals surface area contributed by atoms with Gasteiger partial charge in [0.2, 0.25) is 5.95 Å². The zero-order valence-corrected chi connectivity index (χ0v) is 14.2. The molecule has 1 aromatic rings. The van der Waals surface area contributed by atoms with Crippen molar-refractivity contribution >= 4 is 37.8 Å². The van der Waals surface area contributed by atoms with Gasteiger partial charge in [-0.15, -0.1) is 0 Å². The third-order valence-electron chi connectivity index (χ3n) is 2.61. The number of halogens is 2. The lowest BCUT2D eigenvalue weighted by Gasteiger charge is -2.10. The SMILES string of the molecule is CC(C)NC1=CC(Nc2ccc(F)nc2)=NC(C)C(I)=N1. The van der Waals surface area contributed by atoms with Crippen LogP contribution in [0.3, 0.4) is 0 Å². The van der Waals surface area contributed by atoms with Gasteiger partial charge in [0.15, 0.2) is 0 Å². The normalized spacial score (nSPS) is 18.6. The summed E-state index contributed by atoms with van der Waals surface area (Å²) in [6, 6.07) is 3.16. The molecule has 0 amide bonds. The number of aromatic nitrogens is 1. The van der Waals surface area contributed by atoms with Crippen molar-refractivity contribution in [1.82, 2.24) is 10.3 Å². The van der Waals surface area contributed by atoms with Gasteiger partial charge in [-0.1, -0.05) is 0 Å². The number of pyridine rings is 1. The van der Waals surface area contributed by atoms with E-state index >= 15 is 0 Å². The summed E-state index contributed by atoms with van der Waals surface area (Å²) in [5.41, 5.74) is 0.680. The first-order chi connectivity index (χ1) is 9.94. The number of nitrogens with zero attached hydrogens (tertiary/aromatic N) is 3. The average Bonchev–Trinajstić information content (AvgIpc) is 2.51. The van der Waals surface area contributed by atoms with Crippen molar-refractivity contribution < 1.29 is 4.39 Å². The van der Waals surface area contributed by atoms with Crippen molar-refractivity contribution in [2.75, 3.05) is 5.32 Å². The van der Waals surface area contributed by atoms with Gasteiger partial charge in [0.05, 0.1) is 17.9 Å². The van der Waals surface area contributed by atoms with E-state index in [1.54, 1.807) is 6.07 Å². The molecule has 1 aliphatic rings. The van der Waals surface area contributed by atoms with Gasteiger partial charge in [0.25, 0.3) is 0 Å². The summed E-state index contributed by atoms with van der Waals surface area (Å²) in [6.45, 7) is 6.07. The third kappa shape index (κ3) is 4.76. The molecule has 0 fully saturated rings. The Bertz CT molecular complexity index is 592. The summed E-state index contributed by atoms with van der Waals surface area (Å²) in [6.07, 6.45) is 3.27. The predicted molar refractivity (Wildman–Crippen MR) is 92.5 cm³/mol. The third-order valence-corrected chi connectivity index (χ3v) is 3.76. The lowest BCUT2D eigenvalue weighted by molar-refractivity contribution is 0.584. The van der Waals surface area contributed by atoms with Crippen LogP contribution in [0.15, 0.2) is 40.2 Å². The molecule has 5 nitrogen and oxygen atoms in total. The number of nitrogens with one attached hydrogen (secondary N) is 2. The van der Waals surface area contributed by atoms with Crippen LogP contribution in [0.2, 0.25) is 0 Å². The molecule has 7 heteroatoms. The van der Waals surface area contributed by atoms with Gasteiger partial charge in [-0.2, -0.15) is 4.39 Å². The molecule has 1 atom stereocenters. The first kappa shape index (κ1) is 15.9. The molecule has 0 saturated carbocycles. The van der Waals surface area contributed by atoms with E-state index in [9.17, 15) is 4.39 Å². The average molecular weight is 401 g/mol. The van der Waals surface area contributed by atoms with Gasteiger partial charge in [-0.25, -0.2) is 9.98 Å². The fraction of sp³-hybridized carbons (Fsp3) is 0.357. The second-order valence-corrected chi connectivity index (χ2v) is 6.05. The highest BCUT2D eigenvalue weighted by atomic mass is 127. The number of rotatable bonds is 3. The Morgan fingerprint density at radius 3 is 2.71 bits per heavy atom. The Hall–Kier alpha value is -1.51. The summed E-state index contributed by atoms with van der Waals surface area (Å²) >= 11 is 2.19. The van der Waals surface area contributed by atoms with Gasteiger partial charge in [-0.3, -0.25) is 4.99 Å². The van der Waals surface area contributed by atoms with Crippen molar-refractivity contribution in [3.05, 3.63) is 36.2 Å². The second-order valence-electron chi connectivity index (χ2n) is 4.95. The molecule has 2 heterocycles. The summed E-state index contributed by atoms with van der Waals surface area (Å²) in [5, 5.41) is 6.40. The molecule has 0 radical (unpaired) electrons. The van der Waals surface area contributed by atoms with Crippen LogP contribution in [0, 0.1) is 5.95 Å². The van der Waals surface area contributed by atoms with Gasteiger partial charge in [0.1, 0.15) is 15.4 Å². The standard InChI is InChI=1S/C14H17FIN5/c1-8(2)18-12-6-13(19-9(3)14(16)21-12)20-10-4-5-11(15)17-7-10/h4-9,18H,1-3H3,(H,19,20). The molecule has 0 saturated heterocycles. The maximum absolute atomic E-state index is 12.8. The quantitative estimate of drug-likeness (QED) is 0.605. The largest absolute Gasteiger partial charge is 0.368 e. The molecule has 0 spiro atoms. The van der Waals surface area contributed by atoms with Gasteiger partial charge in [0, 0.05) is 12.1 Å². The Morgan fingerprint density at radius 1 is 1.33 bits per heavy atom. The van der Waals surface area contributed by atoms with E-state index in [2.05, 4.69) is 48.2 Å². The van der Waals surface area contributed by atoms with Crippen molar-refractivity contribution in [2.24, 2.45) is 9.98 Å². The summed E-state index contributed by atoms with van der Waals surface area (Å²) < 4.78 is 13.7. The molecular weight excluding hydrogens is 384 g/mol. The Kier molecular flexibility index (Phi) is 5.27. The molecule has 0 aliphatic carbocycles. The molecule has 0 aromatic carbocycles. The lowest BCUT2D eigenvalue weighted by atomic mass is 10.3. The molecule has 1 aromatic heterocycles. The van der Waals surface area contributed by atoms with Crippen LogP contribution < -0.4 is 10.6 Å². The molecule has 2 N–H and O–H groups in total. The van der Waals surface area contributed by atoms with Crippen molar-refractivity contribution in [3.8, 4) is 0 Å². The van der Waals surface area contributed by atoms with E-state index in [0.29, 0.717) is 11.5 Å². The fourth-order valence-corrected chi connectivity index (χ4v) is 2.10. The number of amidine groups is 1. The summed E-state index contributed by atoms with van der Waals surface area (Å²) in [7, 11) is 0. The van der Waals surface area contributed by atoms with Gasteiger partial charge < -0.3 is 10.6 Å². The van der Waals surface area contributed by atoms with Gasteiger partial charge in [-0.05, 0) is 55.5 Å². The smallest absolute Gasteiger partial charge is 0.212 e. The minimum Gasteiger partial charge on any atom is -0.368 e. The van der Waals surface area contributed by atoms with Crippen molar-refractivity contribution in [2.45, 2.75) is 32.9 Å². The molecule has 1 unspecified atom stereocenters. The van der Waals surface area contributed by atoms with Crippen LogP contribution in [0.1, 0.15) is 20.8 Å². The molecule has 0 bridgehead atoms. The minimum atomic E-state index is -0.507. The van der Waals surface area contributed by atoms with E-state index in [1.807, 2.05) is 26.8 Å². The Morgan fingerprint density at radius 2 is 2.10 bits per heavy atom. The van der Waals surface area contributed by atoms with Crippen LogP contribution in [0.5, 0.6) is 0 Å². The molecule has 2 rings (SSSR count). The minimum absolute atomic E-state index is 0.0378. The molecule has 112 valence electrons. The van der Waals surface area contributed by atoms with Crippen LogP contribution in [0.25, 0.3) is 0 Å². The highest BCUT2D eigenvalue weighted by molar-refractivity contribution is 14.1. The zero-order chi connectivity index (χ0) is 15.4. The predicted octanol–water partition coefficient (Wildman–Crippen LogP) is 3.11. The van der Waals surface area contributed by atoms with E-state index in [-0.39, 0.29) is 12.1 Å². The van der Waals surface area contributed by atoms with E-state index in [0.717, 1.165) is 9.54 Å². The zero-order valence-electron chi connectivity index (χ0n) is 12.1. The monoisotopic (exact) mass is 401 g/mol. The molecular formula is C14H17FIN5. The topological polar surface area (TPSA) is 61.7 Å². The second kappa shape index (κ2) is 6.97. The Labute approximate surface area is 137 Å². The lowest BCUT2D eigenvalue weighted by Crippen LogP contribution is -2.22. The van der Waals surface area contributed by atoms with Crippen LogP contribution >= 0.6 is 22.6 Å². The van der Waals surface area contributed by atoms with E-state index < -0.39 is 5.95 Å². The number of hydrogen-bond donors (Lipinski definition) is 2. The maximum atomic E-state index is 12.8. The number of anilines is 1. The van der Waals surface area contributed by atoms with Crippen LogP contribution in [0.4, 0.5) is 10.1 Å². The van der Waals surface area contributed by atoms with E-state index in [4.69, 9.17) is 0 Å². The highest BCUT2D eigenvalue weighted by Crippen LogP contribution is 2.13. The first-order valence-corrected chi connectivity index (χ1v) is 7.70. The highest BCUT2D eigenvalue weighted by Gasteiger charge is 2.14. The maximum Gasteiger partial charge on any atom is 0.212 e. The molecule has 1 aliphatic heterocycles. The van der Waals surface area contributed by atoms with Crippen LogP contribution in [-0.2, 0) is 0 Å². The van der Waals surface area contributed by atoms with Crippen molar-refractivity contribution in [3.63, 3.8) is 0 Å². The number of aliphatic imine (C=N–C) groups is 2. The van der Waals surface area contributed by atoms with Crippen LogP contribution in [-0.4, -0.2) is 26.6 Å². The van der Waals surface area contributed by atoms with Gasteiger partial charge >= 0.3 is 0 Å². The number of hydrogen-bond acceptors (Lipinski definition) is 5.